The van der Waals surface area contributed by atoms with Crippen LogP contribution in [0.5, 0.6) is 0 Å². The zero-order valence-corrected chi connectivity index (χ0v) is 15.5. The van der Waals surface area contributed by atoms with Crippen LogP contribution in [0.4, 0.5) is 5.69 Å². The van der Waals surface area contributed by atoms with Crippen LogP contribution in [-0.4, -0.2) is 35.4 Å². The molecule has 0 spiro atoms. The molecule has 1 N–H and O–H groups in total. The molecule has 1 aliphatic rings. The first-order chi connectivity index (χ1) is 13.0. The molecule has 1 amide bonds. The third-order valence-corrected chi connectivity index (χ3v) is 4.49. The minimum absolute atomic E-state index is 0.0346. The van der Waals surface area contributed by atoms with Crippen LogP contribution < -0.4 is 10.8 Å². The van der Waals surface area contributed by atoms with Crippen molar-refractivity contribution in [3.05, 3.63) is 70.3 Å². The first-order valence-electron chi connectivity index (χ1n) is 8.10. The monoisotopic (exact) mass is 408 g/mol. The van der Waals surface area contributed by atoms with Gasteiger partial charge in [0.2, 0.25) is 0 Å². The molecule has 7 nitrogen and oxygen atoms in total. The van der Waals surface area contributed by atoms with Crippen LogP contribution in [0, 0.1) is 10.1 Å². The molecule has 0 saturated carbocycles. The van der Waals surface area contributed by atoms with E-state index >= 15 is 0 Å². The van der Waals surface area contributed by atoms with E-state index in [1.54, 1.807) is 12.1 Å². The highest BCUT2D eigenvalue weighted by Gasteiger charge is 2.38. The number of non-ortho nitro benzene ring substituents is 1. The second-order valence-electron chi connectivity index (χ2n) is 5.90. The van der Waals surface area contributed by atoms with Crippen molar-refractivity contribution < 1.29 is 19.0 Å². The van der Waals surface area contributed by atoms with Crippen LogP contribution in [0.15, 0.2) is 54.6 Å². The van der Waals surface area contributed by atoms with Crippen molar-refractivity contribution >= 4 is 47.4 Å². The number of nitrogens with one attached hydrogen (secondary N) is 1. The molecule has 27 heavy (non-hydrogen) atoms. The Bertz CT molecular complexity index is 807. The Hall–Kier alpha value is -2.13. The van der Waals surface area contributed by atoms with E-state index in [2.05, 4.69) is 5.32 Å². The molecule has 140 valence electrons. The molecule has 10 heteroatoms. The molecule has 0 aliphatic carbocycles. The van der Waals surface area contributed by atoms with Gasteiger partial charge >= 0.3 is 7.12 Å². The Balaban J connectivity index is 1.86. The van der Waals surface area contributed by atoms with Crippen molar-refractivity contribution in [2.75, 3.05) is 6.61 Å². The van der Waals surface area contributed by atoms with E-state index in [0.717, 1.165) is 5.46 Å². The summed E-state index contributed by atoms with van der Waals surface area (Å²) in [7, 11) is -0.637. The number of benzene rings is 2. The minimum atomic E-state index is -1.23. The van der Waals surface area contributed by atoms with Crippen LogP contribution in [-0.2, 0) is 14.1 Å². The predicted octanol–water partition coefficient (Wildman–Crippen LogP) is 2.37. The van der Waals surface area contributed by atoms with Crippen LogP contribution in [0.2, 0.25) is 0 Å². The Kier molecular flexibility index (Phi) is 6.33. The van der Waals surface area contributed by atoms with Crippen LogP contribution >= 0.6 is 23.2 Å². The smallest absolute Gasteiger partial charge is 0.405 e. The highest BCUT2D eigenvalue weighted by atomic mass is 35.5. The Labute approximate surface area is 165 Å². The van der Waals surface area contributed by atoms with Crippen molar-refractivity contribution in [1.29, 1.82) is 0 Å². The van der Waals surface area contributed by atoms with Gasteiger partial charge in [-0.15, -0.1) is 0 Å². The van der Waals surface area contributed by atoms with Gasteiger partial charge in [0.1, 0.15) is 0 Å². The highest BCUT2D eigenvalue weighted by molar-refractivity contribution is 6.61. The van der Waals surface area contributed by atoms with E-state index in [1.165, 1.54) is 12.1 Å². The summed E-state index contributed by atoms with van der Waals surface area (Å²) in [6.45, 7) is 0.160. The third-order valence-electron chi connectivity index (χ3n) is 4.09. The van der Waals surface area contributed by atoms with Crippen LogP contribution in [0.1, 0.15) is 11.7 Å². The lowest BCUT2D eigenvalue weighted by Gasteiger charge is -2.36. The van der Waals surface area contributed by atoms with E-state index in [0.29, 0.717) is 5.56 Å². The molecule has 0 aromatic heterocycles. The summed E-state index contributed by atoms with van der Waals surface area (Å²) in [5.41, 5.74) is 1.45. The minimum Gasteiger partial charge on any atom is -0.405 e. The molecular weight excluding hydrogens is 394 g/mol. The van der Waals surface area contributed by atoms with Gasteiger partial charge in [0.25, 0.3) is 11.6 Å². The Morgan fingerprint density at radius 1 is 1.19 bits per heavy atom. The summed E-state index contributed by atoms with van der Waals surface area (Å²) in [5, 5.41) is 13.6. The fourth-order valence-electron chi connectivity index (χ4n) is 2.79. The second kappa shape index (κ2) is 8.71. The van der Waals surface area contributed by atoms with Crippen molar-refractivity contribution in [2.24, 2.45) is 0 Å². The summed E-state index contributed by atoms with van der Waals surface area (Å²) >= 11 is 11.2. The first-order valence-corrected chi connectivity index (χ1v) is 8.98. The number of halogens is 2. The first kappa shape index (κ1) is 19.6. The predicted molar refractivity (Wildman–Crippen MR) is 102 cm³/mol. The van der Waals surface area contributed by atoms with Gasteiger partial charge in [0.15, 0.2) is 4.84 Å². The number of alkyl halides is 2. The molecule has 0 radical (unpaired) electrons. The van der Waals surface area contributed by atoms with Gasteiger partial charge in [0, 0.05) is 12.1 Å². The van der Waals surface area contributed by atoms with E-state index in [9.17, 15) is 14.9 Å². The van der Waals surface area contributed by atoms with Crippen molar-refractivity contribution in [2.45, 2.75) is 17.0 Å². The summed E-state index contributed by atoms with van der Waals surface area (Å²) in [4.78, 5) is 21.1. The lowest BCUT2D eigenvalue weighted by molar-refractivity contribution is -0.384. The number of hydrogen-bond acceptors (Lipinski definition) is 5. The Morgan fingerprint density at radius 3 is 2.44 bits per heavy atom. The maximum absolute atomic E-state index is 11.9. The van der Waals surface area contributed by atoms with Gasteiger partial charge < -0.3 is 14.6 Å². The van der Waals surface area contributed by atoms with Gasteiger partial charge in [-0.25, -0.2) is 0 Å². The van der Waals surface area contributed by atoms with Crippen molar-refractivity contribution in [3.8, 4) is 0 Å². The van der Waals surface area contributed by atoms with Crippen molar-refractivity contribution in [3.63, 3.8) is 0 Å². The summed E-state index contributed by atoms with van der Waals surface area (Å²) < 4.78 is 11.8. The molecule has 1 aliphatic heterocycles. The summed E-state index contributed by atoms with van der Waals surface area (Å²) in [6, 6.07) is 14.7. The quantitative estimate of drug-likeness (QED) is 0.355. The number of hydrogen-bond donors (Lipinski definition) is 1. The van der Waals surface area contributed by atoms with Crippen LogP contribution in [0.3, 0.4) is 0 Å². The molecule has 1 heterocycles. The highest BCUT2D eigenvalue weighted by Crippen LogP contribution is 2.28. The van der Waals surface area contributed by atoms with E-state index in [-0.39, 0.29) is 12.3 Å². The number of nitro benzene ring substituents is 1. The number of carbonyl (C=O) groups excluding carboxylic acids is 1. The van der Waals surface area contributed by atoms with Crippen molar-refractivity contribution in [1.82, 2.24) is 5.32 Å². The maximum Gasteiger partial charge on any atom is 0.494 e. The molecule has 1 fully saturated rings. The van der Waals surface area contributed by atoms with Gasteiger partial charge in [0.05, 0.1) is 23.7 Å². The summed E-state index contributed by atoms with van der Waals surface area (Å²) in [5.74, 6) is -0.569. The van der Waals surface area contributed by atoms with Gasteiger partial charge in [-0.2, -0.15) is 0 Å². The largest absolute Gasteiger partial charge is 0.494 e. The third kappa shape index (κ3) is 4.78. The van der Waals surface area contributed by atoms with Gasteiger partial charge in [-0.05, 0) is 23.2 Å². The molecule has 3 rings (SSSR count). The molecule has 2 aromatic carbocycles. The van der Waals surface area contributed by atoms with E-state index in [4.69, 9.17) is 32.5 Å². The zero-order chi connectivity index (χ0) is 19.4. The molecule has 2 aromatic rings. The van der Waals surface area contributed by atoms with E-state index < -0.39 is 34.9 Å². The lowest BCUT2D eigenvalue weighted by atomic mass is 9.76. The SMILES string of the molecule is O=C(N[C@H]1COB(c2ccccc2)O[C@@H]1c1ccc([N+](=O)[O-])cc1)C(Cl)Cl. The average molecular weight is 409 g/mol. The zero-order valence-electron chi connectivity index (χ0n) is 14.0. The van der Waals surface area contributed by atoms with Gasteiger partial charge in [-0.3, -0.25) is 14.9 Å². The molecule has 0 unspecified atom stereocenters. The number of carbonyl (C=O) groups is 1. The lowest BCUT2D eigenvalue weighted by Crippen LogP contribution is -2.54. The summed E-state index contributed by atoms with van der Waals surface area (Å²) in [6.07, 6.45) is -0.596. The topological polar surface area (TPSA) is 90.7 Å². The fraction of sp³-hybridized carbons (Fsp3) is 0.235. The standard InChI is InChI=1S/C17H15BCl2N2O5/c19-16(20)17(23)21-14-10-26-18(12-4-2-1-3-5-12)27-15(14)11-6-8-13(9-7-11)22(24)25/h1-9,14-16H,10H2,(H,21,23)/t14-,15+/m0/s1. The number of nitro groups is 1. The average Bonchev–Trinajstić information content (AvgIpc) is 2.69. The van der Waals surface area contributed by atoms with Crippen LogP contribution in [0.25, 0.3) is 0 Å². The fourth-order valence-corrected chi connectivity index (χ4v) is 2.92. The normalized spacial score (nSPS) is 19.7. The molecular formula is C17H15BCl2N2O5. The van der Waals surface area contributed by atoms with E-state index in [1.807, 2.05) is 30.3 Å². The Morgan fingerprint density at radius 2 is 1.85 bits per heavy atom. The number of amides is 1. The molecule has 2 atom stereocenters. The number of nitrogens with zero attached hydrogens (tertiary/aromatic N) is 1. The van der Waals surface area contributed by atoms with Gasteiger partial charge in [-0.1, -0.05) is 53.5 Å². The number of rotatable bonds is 5. The maximum atomic E-state index is 11.9. The molecule has 1 saturated heterocycles. The molecule has 0 bridgehead atoms. The second-order valence-corrected chi connectivity index (χ2v) is 6.99.